The van der Waals surface area contributed by atoms with Crippen LogP contribution in [0.5, 0.6) is 0 Å². The van der Waals surface area contributed by atoms with E-state index in [2.05, 4.69) is 12.5 Å². The van der Waals surface area contributed by atoms with Gasteiger partial charge in [0.15, 0.2) is 0 Å². The minimum atomic E-state index is -1.51. The molecule has 0 saturated carbocycles. The van der Waals surface area contributed by atoms with Gasteiger partial charge in [-0.1, -0.05) is 12.0 Å². The van der Waals surface area contributed by atoms with Gasteiger partial charge in [-0.05, 0) is 36.3 Å². The van der Waals surface area contributed by atoms with E-state index in [1.165, 1.54) is 0 Å². The number of ether oxygens (including phenoxy) is 2. The molecular formula is C11H17Cl2O3P. The largest absolute Gasteiger partial charge is 0.369 e. The van der Waals surface area contributed by atoms with Crippen LogP contribution in [0.1, 0.15) is 13.8 Å². The number of hydrogen-bond donors (Lipinski definition) is 0. The number of halogens is 2. The zero-order chi connectivity index (χ0) is 13.3. The lowest BCUT2D eigenvalue weighted by atomic mass is 10.1. The fourth-order valence-corrected chi connectivity index (χ4v) is 1.86. The van der Waals surface area contributed by atoms with Crippen LogP contribution in [-0.4, -0.2) is 31.5 Å². The van der Waals surface area contributed by atoms with E-state index in [4.69, 9.17) is 42.9 Å². The van der Waals surface area contributed by atoms with E-state index in [0.29, 0.717) is 6.61 Å². The molecule has 0 heterocycles. The van der Waals surface area contributed by atoms with Gasteiger partial charge in [0, 0.05) is 0 Å². The molecule has 0 aromatic rings. The van der Waals surface area contributed by atoms with Crippen molar-refractivity contribution < 1.29 is 14.0 Å². The molecule has 3 nitrogen and oxygen atoms in total. The Morgan fingerprint density at radius 2 is 2.12 bits per heavy atom. The Labute approximate surface area is 114 Å². The quantitative estimate of drug-likeness (QED) is 0.281. The van der Waals surface area contributed by atoms with E-state index in [9.17, 15) is 0 Å². The minimum Gasteiger partial charge on any atom is -0.369 e. The molecule has 0 radical (unpaired) electrons. The van der Waals surface area contributed by atoms with Crippen LogP contribution in [0.4, 0.5) is 0 Å². The Kier molecular flexibility index (Phi) is 9.27. The maximum absolute atomic E-state index is 5.61. The molecule has 0 aromatic heterocycles. The third kappa shape index (κ3) is 9.85. The summed E-state index contributed by atoms with van der Waals surface area (Å²) in [4.78, 5) is 0. The van der Waals surface area contributed by atoms with Crippen LogP contribution in [0.2, 0.25) is 0 Å². The van der Waals surface area contributed by atoms with Gasteiger partial charge in [0.2, 0.25) is 6.85 Å². The summed E-state index contributed by atoms with van der Waals surface area (Å²) in [7, 11) is 0. The van der Waals surface area contributed by atoms with E-state index in [-0.39, 0.29) is 19.3 Å². The van der Waals surface area contributed by atoms with Crippen LogP contribution < -0.4 is 0 Å². The summed E-state index contributed by atoms with van der Waals surface area (Å²) in [6.07, 6.45) is 6.43. The standard InChI is InChI=1S/C11H17Cl2O3P/c1-5-7-14-8-10(16-17(12)13)9-15-11(3,4)6-2/h1,6,10H,2,7-9H2,3-4H3. The van der Waals surface area contributed by atoms with E-state index in [1.807, 2.05) is 13.8 Å². The first-order valence-electron chi connectivity index (χ1n) is 4.98. The molecule has 6 heteroatoms. The number of hydrogen-bond acceptors (Lipinski definition) is 3. The summed E-state index contributed by atoms with van der Waals surface area (Å²) >= 11 is 11.2. The van der Waals surface area contributed by atoms with Crippen LogP contribution in [-0.2, 0) is 14.0 Å². The molecule has 0 aliphatic rings. The first-order valence-corrected chi connectivity index (χ1v) is 8.05. The van der Waals surface area contributed by atoms with Gasteiger partial charge in [-0.15, -0.1) is 13.0 Å². The maximum Gasteiger partial charge on any atom is 0.225 e. The molecule has 0 fully saturated rings. The summed E-state index contributed by atoms with van der Waals surface area (Å²) in [5.41, 5.74) is -0.435. The molecule has 0 bridgehead atoms. The summed E-state index contributed by atoms with van der Waals surface area (Å²) in [5.74, 6) is 2.36. The second kappa shape index (κ2) is 9.16. The smallest absolute Gasteiger partial charge is 0.225 e. The van der Waals surface area contributed by atoms with Gasteiger partial charge in [-0.25, -0.2) is 0 Å². The molecule has 0 aliphatic heterocycles. The van der Waals surface area contributed by atoms with Crippen molar-refractivity contribution in [2.24, 2.45) is 0 Å². The fourth-order valence-electron chi connectivity index (χ4n) is 0.838. The molecular weight excluding hydrogens is 282 g/mol. The van der Waals surface area contributed by atoms with Crippen molar-refractivity contribution in [3.05, 3.63) is 12.7 Å². The van der Waals surface area contributed by atoms with Gasteiger partial charge >= 0.3 is 0 Å². The third-order valence-corrected chi connectivity index (χ3v) is 2.79. The molecule has 17 heavy (non-hydrogen) atoms. The average Bonchev–Trinajstić information content (AvgIpc) is 2.25. The molecule has 0 amide bonds. The zero-order valence-corrected chi connectivity index (χ0v) is 12.4. The van der Waals surface area contributed by atoms with Crippen LogP contribution >= 0.6 is 29.3 Å². The second-order valence-electron chi connectivity index (χ2n) is 3.77. The van der Waals surface area contributed by atoms with E-state index >= 15 is 0 Å². The van der Waals surface area contributed by atoms with Crippen molar-refractivity contribution >= 4 is 29.3 Å². The SMILES string of the molecule is C#CCOCC(COC(C)(C)C=C)OP(Cl)Cl. The summed E-state index contributed by atoms with van der Waals surface area (Å²) in [5, 5.41) is 0. The maximum atomic E-state index is 5.61. The van der Waals surface area contributed by atoms with Gasteiger partial charge in [0.1, 0.15) is 12.7 Å². The lowest BCUT2D eigenvalue weighted by Crippen LogP contribution is -2.30. The van der Waals surface area contributed by atoms with Crippen LogP contribution in [0.15, 0.2) is 12.7 Å². The topological polar surface area (TPSA) is 27.7 Å². The van der Waals surface area contributed by atoms with Crippen molar-refractivity contribution in [3.8, 4) is 12.3 Å². The minimum absolute atomic E-state index is 0.215. The Morgan fingerprint density at radius 3 is 2.59 bits per heavy atom. The summed E-state index contributed by atoms with van der Waals surface area (Å²) < 4.78 is 16.0. The van der Waals surface area contributed by atoms with Crippen LogP contribution in [0, 0.1) is 12.3 Å². The van der Waals surface area contributed by atoms with Crippen LogP contribution in [0.25, 0.3) is 0 Å². The molecule has 0 aromatic carbocycles. The molecule has 0 N–H and O–H groups in total. The summed E-state index contributed by atoms with van der Waals surface area (Å²) in [6.45, 7) is 6.76. The van der Waals surface area contributed by atoms with Gasteiger partial charge in [-0.3, -0.25) is 0 Å². The van der Waals surface area contributed by atoms with Gasteiger partial charge in [0.05, 0.1) is 18.8 Å². The zero-order valence-electron chi connectivity index (χ0n) is 9.99. The number of rotatable bonds is 9. The molecule has 1 unspecified atom stereocenters. The highest BCUT2D eigenvalue weighted by Crippen LogP contribution is 2.48. The monoisotopic (exact) mass is 298 g/mol. The van der Waals surface area contributed by atoms with Crippen molar-refractivity contribution in [1.29, 1.82) is 0 Å². The molecule has 0 spiro atoms. The Balaban J connectivity index is 4.10. The van der Waals surface area contributed by atoms with E-state index in [1.54, 1.807) is 6.08 Å². The fraction of sp³-hybridized carbons (Fsp3) is 0.636. The van der Waals surface area contributed by atoms with Crippen LogP contribution in [0.3, 0.4) is 0 Å². The average molecular weight is 299 g/mol. The molecule has 0 aliphatic carbocycles. The predicted octanol–water partition coefficient (Wildman–Crippen LogP) is 3.71. The van der Waals surface area contributed by atoms with Gasteiger partial charge in [-0.2, -0.15) is 0 Å². The first kappa shape index (κ1) is 17.2. The Morgan fingerprint density at radius 1 is 1.47 bits per heavy atom. The van der Waals surface area contributed by atoms with Crippen molar-refractivity contribution in [1.82, 2.24) is 0 Å². The second-order valence-corrected chi connectivity index (χ2v) is 6.74. The van der Waals surface area contributed by atoms with E-state index < -0.39 is 12.5 Å². The number of terminal acetylenes is 1. The summed E-state index contributed by atoms with van der Waals surface area (Å²) in [6, 6.07) is 0. The highest BCUT2D eigenvalue weighted by molar-refractivity contribution is 8.00. The predicted molar refractivity (Wildman–Crippen MR) is 73.4 cm³/mol. The van der Waals surface area contributed by atoms with Crippen molar-refractivity contribution in [3.63, 3.8) is 0 Å². The molecule has 0 saturated heterocycles. The van der Waals surface area contributed by atoms with Gasteiger partial charge in [0.25, 0.3) is 0 Å². The first-order chi connectivity index (χ1) is 7.91. The molecule has 0 rings (SSSR count). The Hall–Kier alpha value is 0.190. The molecule has 98 valence electrons. The highest BCUT2D eigenvalue weighted by Gasteiger charge is 2.19. The van der Waals surface area contributed by atoms with Gasteiger partial charge < -0.3 is 14.0 Å². The Bertz CT molecular complexity index is 264. The molecule has 1 atom stereocenters. The van der Waals surface area contributed by atoms with Crippen molar-refractivity contribution in [2.45, 2.75) is 25.6 Å². The highest BCUT2D eigenvalue weighted by atomic mass is 35.9. The lowest BCUT2D eigenvalue weighted by Gasteiger charge is -2.25. The lowest BCUT2D eigenvalue weighted by molar-refractivity contribution is -0.0433. The van der Waals surface area contributed by atoms with E-state index in [0.717, 1.165) is 0 Å². The van der Waals surface area contributed by atoms with Crippen molar-refractivity contribution in [2.75, 3.05) is 19.8 Å². The third-order valence-electron chi connectivity index (χ3n) is 1.85. The normalized spacial score (nSPS) is 13.4.